The van der Waals surface area contributed by atoms with Crippen LogP contribution in [0.5, 0.6) is 0 Å². The van der Waals surface area contributed by atoms with Crippen LogP contribution in [0.15, 0.2) is 58.5 Å². The van der Waals surface area contributed by atoms with E-state index in [9.17, 15) is 39.6 Å². The molecule has 5 aliphatic heterocycles. The van der Waals surface area contributed by atoms with Crippen LogP contribution in [-0.2, 0) is 58.8 Å². The monoisotopic (exact) mass is 932 g/mol. The summed E-state index contributed by atoms with van der Waals surface area (Å²) < 4.78 is 40.3. The van der Waals surface area contributed by atoms with Gasteiger partial charge in [-0.1, -0.05) is 38.1 Å². The molecule has 20 nitrogen and oxygen atoms in total. The highest BCUT2D eigenvalue weighted by Crippen LogP contribution is 2.71. The number of fused-ring (bicyclic) bond motifs is 4. The molecule has 2 aromatic carbocycles. The van der Waals surface area contributed by atoms with Crippen LogP contribution in [0.2, 0.25) is 0 Å². The van der Waals surface area contributed by atoms with Gasteiger partial charge in [-0.3, -0.25) is 0 Å². The number of carbonyl (C=O) groups is 2. The Morgan fingerprint density at radius 2 is 1.09 bits per heavy atom. The van der Waals surface area contributed by atoms with Crippen LogP contribution >= 0.6 is 0 Å². The van der Waals surface area contributed by atoms with E-state index < -0.39 is 86.9 Å². The van der Waals surface area contributed by atoms with E-state index >= 15 is 0 Å². The fourth-order valence-corrected chi connectivity index (χ4v) is 9.59. The Morgan fingerprint density at radius 3 is 1.45 bits per heavy atom. The van der Waals surface area contributed by atoms with Crippen LogP contribution in [0.4, 0.5) is 11.4 Å². The summed E-state index contributed by atoms with van der Waals surface area (Å²) in [6.07, 6.45) is 0.753. The lowest BCUT2D eigenvalue weighted by Gasteiger charge is -2.79. The van der Waals surface area contributed by atoms with Gasteiger partial charge >= 0.3 is 11.9 Å². The summed E-state index contributed by atoms with van der Waals surface area (Å²) >= 11 is 0. The van der Waals surface area contributed by atoms with Crippen LogP contribution in [0.25, 0.3) is 0 Å². The Kier molecular flexibility index (Phi) is 15.9. The van der Waals surface area contributed by atoms with E-state index in [2.05, 4.69) is 14.7 Å². The third-order valence-electron chi connectivity index (χ3n) is 14.9. The third-order valence-corrected chi connectivity index (χ3v) is 14.9. The number of hydrogen-bond acceptors (Lipinski definition) is 19. The van der Waals surface area contributed by atoms with Crippen molar-refractivity contribution in [2.75, 3.05) is 40.1 Å². The van der Waals surface area contributed by atoms with Gasteiger partial charge in [0.1, 0.15) is 39.7 Å². The minimum atomic E-state index is -2.21. The molecule has 2 aromatic rings. The number of benzene rings is 2. The predicted octanol–water partition coefficient (Wildman–Crippen LogP) is 2.63. The van der Waals surface area contributed by atoms with E-state index in [4.69, 9.17) is 43.7 Å². The molecule has 5 saturated heterocycles. The number of hydrogen-bond donors (Lipinski definition) is 7. The van der Waals surface area contributed by atoms with Crippen molar-refractivity contribution in [3.8, 4) is 0 Å². The summed E-state index contributed by atoms with van der Waals surface area (Å²) in [5, 5.41) is 69.0. The van der Waals surface area contributed by atoms with Gasteiger partial charge in [-0.25, -0.2) is 19.2 Å². The molecule has 0 amide bonds. The van der Waals surface area contributed by atoms with Crippen LogP contribution in [0, 0.1) is 10.8 Å². The second kappa shape index (κ2) is 19.3. The molecule has 20 heteroatoms. The highest BCUT2D eigenvalue weighted by atomic mass is 16.8. The number of isocyanates is 2. The molecule has 66 heavy (non-hydrogen) atoms. The van der Waals surface area contributed by atoms with E-state index in [0.717, 1.165) is 24.5 Å². The van der Waals surface area contributed by atoms with Crippen molar-refractivity contribution < 1.29 is 88.1 Å². The van der Waals surface area contributed by atoms with Crippen LogP contribution in [0.1, 0.15) is 86.8 Å². The Bertz CT molecular complexity index is 2100. The lowest BCUT2D eigenvalue weighted by atomic mass is 9.49. The van der Waals surface area contributed by atoms with Crippen molar-refractivity contribution in [1.82, 2.24) is 0 Å². The standard InChI is InChI=1S/C26H46O10.C15H10N2O2.C5H8O6/c1-11-17(2)23(8)22(7,30)20(5,34-25(17,12-27)35-23)16-32-14-18(3)24(9)21(6,29)19(4,15-31-10)33-26(18,13-28)36-24;18-10-16-14-5-1-12(2-6-14)9-13-3-7-15(8-4-13)17-11-19;1-2(6)4(9)11-5(10)3(7)8/h27-30H,11-16H2,1-10H3;1-8H,9H2;2,5-6,10H,1H3,(H,7,8)/t17-,18-,19+,20+,21?,22?,23?,24?,25?,26?;;/m0../s1. The highest BCUT2D eigenvalue weighted by molar-refractivity contribution is 5.78. The first kappa shape index (κ1) is 54.3. The maximum atomic E-state index is 11.8. The maximum absolute atomic E-state index is 11.8. The van der Waals surface area contributed by atoms with Crippen LogP contribution in [-0.4, -0.2) is 158 Å². The molecule has 5 aliphatic rings. The predicted molar refractivity (Wildman–Crippen MR) is 231 cm³/mol. The number of esters is 1. The first-order valence-electron chi connectivity index (χ1n) is 21.2. The van der Waals surface area contributed by atoms with Gasteiger partial charge in [-0.15, -0.1) is 0 Å². The molecule has 0 saturated carbocycles. The average molecular weight is 933 g/mol. The van der Waals surface area contributed by atoms with Crippen molar-refractivity contribution in [2.24, 2.45) is 20.8 Å². The molecule has 5 heterocycles. The fourth-order valence-electron chi connectivity index (χ4n) is 9.59. The van der Waals surface area contributed by atoms with Gasteiger partial charge in [0.25, 0.3) is 6.29 Å². The number of rotatable bonds is 16. The van der Waals surface area contributed by atoms with E-state index in [1.807, 2.05) is 52.0 Å². The van der Waals surface area contributed by atoms with E-state index in [0.29, 0.717) is 17.8 Å². The molecule has 8 unspecified atom stereocenters. The van der Waals surface area contributed by atoms with E-state index in [-0.39, 0.29) is 26.4 Å². The number of nitrogens with zero attached hydrogens (tertiary/aromatic N) is 2. The van der Waals surface area contributed by atoms with Crippen LogP contribution < -0.4 is 0 Å². The van der Waals surface area contributed by atoms with Crippen molar-refractivity contribution in [3.05, 3.63) is 59.7 Å². The zero-order valence-corrected chi connectivity index (χ0v) is 39.2. The normalized spacial score (nSPS) is 37.8. The second-order valence-corrected chi connectivity index (χ2v) is 18.6. The molecule has 0 spiro atoms. The summed E-state index contributed by atoms with van der Waals surface area (Å²) in [5.74, 6) is -5.54. The van der Waals surface area contributed by atoms with Crippen molar-refractivity contribution >= 4 is 35.5 Å². The zero-order chi connectivity index (χ0) is 50.0. The number of aliphatic hydroxyl groups excluding tert-OH is 4. The summed E-state index contributed by atoms with van der Waals surface area (Å²) in [6.45, 7) is 16.6. The number of methoxy groups -OCH3 is 1. The zero-order valence-electron chi connectivity index (χ0n) is 39.2. The van der Waals surface area contributed by atoms with Crippen LogP contribution in [0.3, 0.4) is 0 Å². The van der Waals surface area contributed by atoms with Gasteiger partial charge in [-0.05, 0) is 104 Å². The lowest BCUT2D eigenvalue weighted by molar-refractivity contribution is -0.581. The molecular weight excluding hydrogens is 869 g/mol. The lowest BCUT2D eigenvalue weighted by Crippen LogP contribution is -2.94. The second-order valence-electron chi connectivity index (χ2n) is 18.6. The smallest absolute Gasteiger partial charge is 0.373 e. The molecule has 4 bridgehead atoms. The minimum absolute atomic E-state index is 0.0348. The molecule has 5 fully saturated rings. The number of carboxylic acids is 1. The van der Waals surface area contributed by atoms with Gasteiger partial charge in [0.2, 0.25) is 23.7 Å². The maximum Gasteiger partial charge on any atom is 0.373 e. The van der Waals surface area contributed by atoms with Gasteiger partial charge in [-0.2, -0.15) is 9.98 Å². The molecule has 366 valence electrons. The first-order chi connectivity index (χ1) is 30.5. The number of aliphatic hydroxyl groups is 6. The van der Waals surface area contributed by atoms with E-state index in [1.54, 1.807) is 58.9 Å². The molecule has 0 radical (unpaired) electrons. The Balaban J connectivity index is 0.000000263. The quantitative estimate of drug-likeness (QED) is 0.0551. The van der Waals surface area contributed by atoms with Crippen molar-refractivity contribution in [2.45, 2.75) is 140 Å². The third kappa shape index (κ3) is 8.58. The topological polar surface area (TPSA) is 299 Å². The fraction of sp³-hybridized carbons (Fsp3) is 0.652. The number of aliphatic imine (C=N–C) groups is 2. The number of aliphatic carboxylic acids is 1. The van der Waals surface area contributed by atoms with E-state index in [1.165, 1.54) is 19.3 Å². The number of carboxylic acid groups (broad SMARTS) is 1. The highest BCUT2D eigenvalue weighted by Gasteiger charge is 2.87. The molecular formula is C46H64N2O18. The summed E-state index contributed by atoms with van der Waals surface area (Å²) in [4.78, 5) is 47.5. The van der Waals surface area contributed by atoms with Crippen molar-refractivity contribution in [3.63, 3.8) is 0 Å². The summed E-state index contributed by atoms with van der Waals surface area (Å²) in [7, 11) is 1.52. The SMILES string of the molecule is CC(O)C(=O)OC(O)C(=O)O.CC[C@]1(C)C2(CO)OC1(C)C(C)(O)[C@@](C)(COC[C@]1(C)C3(CO)OC1(C)C(C)(O)[C@@](C)(COC)O3)O2.O=C=Nc1ccc(Cc2ccc(N=C=O)cc2)cc1. The Hall–Kier alpha value is -4.34. The van der Waals surface area contributed by atoms with Crippen molar-refractivity contribution in [1.29, 1.82) is 0 Å². The average Bonchev–Trinajstić information content (AvgIpc) is 3.26. The number of carbonyl (C=O) groups excluding carboxylic acids is 3. The summed E-state index contributed by atoms with van der Waals surface area (Å²) in [6, 6.07) is 14.7. The summed E-state index contributed by atoms with van der Waals surface area (Å²) in [5.41, 5.74) is -5.62. The Morgan fingerprint density at radius 1 is 0.682 bits per heavy atom. The first-order valence-corrected chi connectivity index (χ1v) is 21.2. The molecule has 7 N–H and O–H groups in total. The molecule has 12 atom stereocenters. The molecule has 0 aliphatic carbocycles. The van der Waals surface area contributed by atoms with Gasteiger partial charge in [0, 0.05) is 7.11 Å². The van der Waals surface area contributed by atoms with Gasteiger partial charge in [0.15, 0.2) is 0 Å². The molecule has 7 rings (SSSR count). The van der Waals surface area contributed by atoms with Gasteiger partial charge < -0.3 is 68.9 Å². The molecule has 0 aromatic heterocycles. The largest absolute Gasteiger partial charge is 0.477 e. The number of ether oxygens (including phenoxy) is 7. The minimum Gasteiger partial charge on any atom is -0.477 e. The Labute approximate surface area is 383 Å². The van der Waals surface area contributed by atoms with Gasteiger partial charge in [0.05, 0.1) is 55.2 Å².